The van der Waals surface area contributed by atoms with Crippen molar-refractivity contribution in [2.75, 3.05) is 0 Å². The molecule has 0 heterocycles. The van der Waals surface area contributed by atoms with Gasteiger partial charge in [0, 0.05) is 12.6 Å². The van der Waals surface area contributed by atoms with Gasteiger partial charge in [0.05, 0.1) is 0 Å². The van der Waals surface area contributed by atoms with Crippen molar-refractivity contribution < 1.29 is 8.78 Å². The first kappa shape index (κ1) is 13.5. The van der Waals surface area contributed by atoms with Gasteiger partial charge >= 0.3 is 0 Å². The third-order valence-electron chi connectivity index (χ3n) is 3.89. The Morgan fingerprint density at radius 1 is 1.22 bits per heavy atom. The van der Waals surface area contributed by atoms with Crippen LogP contribution in [0.3, 0.4) is 0 Å². The highest BCUT2D eigenvalue weighted by Gasteiger charge is 2.36. The summed E-state index contributed by atoms with van der Waals surface area (Å²) in [6.07, 6.45) is 2.35. The topological polar surface area (TPSA) is 12.0 Å². The Morgan fingerprint density at radius 2 is 1.94 bits per heavy atom. The molecule has 18 heavy (non-hydrogen) atoms. The minimum absolute atomic E-state index is 0.380. The van der Waals surface area contributed by atoms with Crippen molar-refractivity contribution in [1.29, 1.82) is 0 Å². The van der Waals surface area contributed by atoms with Gasteiger partial charge in [-0.15, -0.1) is 0 Å². The van der Waals surface area contributed by atoms with Gasteiger partial charge in [-0.3, -0.25) is 0 Å². The standard InChI is InChI=1S/C15H21F2N/c1-10-7-15(2,3)8-14(10)18-9-11-4-5-12(16)13(17)6-11/h4-6,10,14,18H,7-9H2,1-3H3. The Morgan fingerprint density at radius 3 is 2.50 bits per heavy atom. The number of hydrogen-bond acceptors (Lipinski definition) is 1. The number of hydrogen-bond donors (Lipinski definition) is 1. The molecule has 0 amide bonds. The van der Waals surface area contributed by atoms with Crippen LogP contribution < -0.4 is 5.32 Å². The number of halogens is 2. The van der Waals surface area contributed by atoms with Crippen molar-refractivity contribution in [3.8, 4) is 0 Å². The van der Waals surface area contributed by atoms with Crippen LogP contribution in [0.2, 0.25) is 0 Å². The number of nitrogens with one attached hydrogen (secondary N) is 1. The first-order valence-corrected chi connectivity index (χ1v) is 6.55. The maximum atomic E-state index is 13.1. The van der Waals surface area contributed by atoms with Crippen molar-refractivity contribution in [3.63, 3.8) is 0 Å². The third-order valence-corrected chi connectivity index (χ3v) is 3.89. The molecule has 1 saturated carbocycles. The van der Waals surface area contributed by atoms with E-state index in [1.165, 1.54) is 18.6 Å². The number of rotatable bonds is 3. The summed E-state index contributed by atoms with van der Waals surface area (Å²) in [5.74, 6) is -0.923. The average molecular weight is 253 g/mol. The second-order valence-corrected chi connectivity index (χ2v) is 6.29. The highest BCUT2D eigenvalue weighted by atomic mass is 19.2. The predicted octanol–water partition coefficient (Wildman–Crippen LogP) is 3.88. The summed E-state index contributed by atoms with van der Waals surface area (Å²) in [7, 11) is 0. The van der Waals surface area contributed by atoms with E-state index in [0.29, 0.717) is 23.9 Å². The maximum Gasteiger partial charge on any atom is 0.159 e. The summed E-state index contributed by atoms with van der Waals surface area (Å²) in [5.41, 5.74) is 1.18. The smallest absolute Gasteiger partial charge is 0.159 e. The van der Waals surface area contributed by atoms with Crippen LogP contribution in [0.25, 0.3) is 0 Å². The van der Waals surface area contributed by atoms with Gasteiger partial charge in [-0.05, 0) is 41.9 Å². The molecule has 1 fully saturated rings. The van der Waals surface area contributed by atoms with E-state index in [9.17, 15) is 8.78 Å². The summed E-state index contributed by atoms with van der Waals surface area (Å²) in [5, 5.41) is 3.46. The zero-order valence-corrected chi connectivity index (χ0v) is 11.3. The Balaban J connectivity index is 1.94. The molecule has 2 atom stereocenters. The molecule has 1 aliphatic carbocycles. The lowest BCUT2D eigenvalue weighted by molar-refractivity contribution is 0.362. The minimum Gasteiger partial charge on any atom is -0.310 e. The number of benzene rings is 1. The molecule has 1 N–H and O–H groups in total. The van der Waals surface area contributed by atoms with E-state index in [-0.39, 0.29) is 0 Å². The Kier molecular flexibility index (Phi) is 3.71. The molecule has 0 aliphatic heterocycles. The van der Waals surface area contributed by atoms with Crippen LogP contribution in [-0.4, -0.2) is 6.04 Å². The van der Waals surface area contributed by atoms with Crippen LogP contribution in [0.5, 0.6) is 0 Å². The van der Waals surface area contributed by atoms with Crippen molar-refractivity contribution in [1.82, 2.24) is 5.32 Å². The zero-order valence-electron chi connectivity index (χ0n) is 11.3. The van der Waals surface area contributed by atoms with Gasteiger partial charge in [0.15, 0.2) is 11.6 Å². The molecule has 0 spiro atoms. The quantitative estimate of drug-likeness (QED) is 0.862. The molecule has 100 valence electrons. The van der Waals surface area contributed by atoms with E-state index in [1.54, 1.807) is 6.07 Å². The fourth-order valence-electron chi connectivity index (χ4n) is 3.07. The second kappa shape index (κ2) is 4.96. The molecule has 0 aromatic heterocycles. The molecule has 0 radical (unpaired) electrons. The lowest BCUT2D eigenvalue weighted by Crippen LogP contribution is -2.31. The summed E-state index contributed by atoms with van der Waals surface area (Å²) < 4.78 is 25.9. The van der Waals surface area contributed by atoms with Crippen LogP contribution in [0, 0.1) is 23.0 Å². The third kappa shape index (κ3) is 3.08. The summed E-state index contributed by atoms with van der Waals surface area (Å²) in [6, 6.07) is 4.56. The second-order valence-electron chi connectivity index (χ2n) is 6.29. The molecule has 2 rings (SSSR count). The van der Waals surface area contributed by atoms with Crippen LogP contribution in [0.15, 0.2) is 18.2 Å². The Hall–Kier alpha value is -0.960. The summed E-state index contributed by atoms with van der Waals surface area (Å²) in [6.45, 7) is 7.41. The van der Waals surface area contributed by atoms with Crippen molar-refractivity contribution in [2.45, 2.75) is 46.2 Å². The molecule has 0 bridgehead atoms. The minimum atomic E-state index is -0.783. The van der Waals surface area contributed by atoms with Crippen molar-refractivity contribution in [2.24, 2.45) is 11.3 Å². The van der Waals surface area contributed by atoms with E-state index in [4.69, 9.17) is 0 Å². The van der Waals surface area contributed by atoms with Gasteiger partial charge in [-0.1, -0.05) is 26.8 Å². The van der Waals surface area contributed by atoms with E-state index in [0.717, 1.165) is 12.0 Å². The molecular weight excluding hydrogens is 232 g/mol. The predicted molar refractivity (Wildman–Crippen MR) is 69.2 cm³/mol. The normalized spacial score (nSPS) is 26.5. The van der Waals surface area contributed by atoms with Gasteiger partial charge < -0.3 is 5.32 Å². The molecule has 0 saturated heterocycles. The Bertz CT molecular complexity index is 429. The molecule has 1 aromatic rings. The van der Waals surface area contributed by atoms with Crippen molar-refractivity contribution >= 4 is 0 Å². The highest BCUT2D eigenvalue weighted by Crippen LogP contribution is 2.40. The van der Waals surface area contributed by atoms with Gasteiger partial charge in [-0.2, -0.15) is 0 Å². The van der Waals surface area contributed by atoms with E-state index < -0.39 is 11.6 Å². The fourth-order valence-corrected chi connectivity index (χ4v) is 3.07. The monoisotopic (exact) mass is 253 g/mol. The summed E-state index contributed by atoms with van der Waals surface area (Å²) in [4.78, 5) is 0. The first-order valence-electron chi connectivity index (χ1n) is 6.55. The lowest BCUT2D eigenvalue weighted by atomic mass is 9.91. The van der Waals surface area contributed by atoms with Gasteiger partial charge in [0.25, 0.3) is 0 Å². The fraction of sp³-hybridized carbons (Fsp3) is 0.600. The van der Waals surface area contributed by atoms with Gasteiger partial charge in [0.2, 0.25) is 0 Å². The first-order chi connectivity index (χ1) is 8.37. The molecule has 1 aliphatic rings. The van der Waals surface area contributed by atoms with E-state index >= 15 is 0 Å². The van der Waals surface area contributed by atoms with Crippen LogP contribution in [0.1, 0.15) is 39.2 Å². The van der Waals surface area contributed by atoms with Crippen LogP contribution in [-0.2, 0) is 6.54 Å². The molecule has 3 heteroatoms. The van der Waals surface area contributed by atoms with Gasteiger partial charge in [0.1, 0.15) is 0 Å². The van der Waals surface area contributed by atoms with E-state index in [2.05, 4.69) is 26.1 Å². The summed E-state index contributed by atoms with van der Waals surface area (Å²) >= 11 is 0. The SMILES string of the molecule is CC1CC(C)(C)CC1NCc1ccc(F)c(F)c1. The van der Waals surface area contributed by atoms with Crippen LogP contribution >= 0.6 is 0 Å². The average Bonchev–Trinajstić information content (AvgIpc) is 2.53. The lowest BCUT2D eigenvalue weighted by Gasteiger charge is -2.18. The van der Waals surface area contributed by atoms with Gasteiger partial charge in [-0.25, -0.2) is 8.78 Å². The molecule has 2 unspecified atom stereocenters. The highest BCUT2D eigenvalue weighted by molar-refractivity contribution is 5.17. The van der Waals surface area contributed by atoms with E-state index in [1.807, 2.05) is 0 Å². The zero-order chi connectivity index (χ0) is 13.3. The molecule has 1 aromatic carbocycles. The van der Waals surface area contributed by atoms with Crippen LogP contribution in [0.4, 0.5) is 8.78 Å². The maximum absolute atomic E-state index is 13.1. The molecular formula is C15H21F2N. The largest absolute Gasteiger partial charge is 0.310 e. The molecule has 1 nitrogen and oxygen atoms in total. The van der Waals surface area contributed by atoms with Crippen molar-refractivity contribution in [3.05, 3.63) is 35.4 Å². The Labute approximate surface area is 108 Å².